The fourth-order valence-electron chi connectivity index (χ4n) is 2.22. The van der Waals surface area contributed by atoms with Crippen molar-refractivity contribution in [1.29, 1.82) is 0 Å². The average Bonchev–Trinajstić information content (AvgIpc) is 3.25. The van der Waals surface area contributed by atoms with Gasteiger partial charge in [0, 0.05) is 30.6 Å². The highest BCUT2D eigenvalue weighted by Gasteiger charge is 2.17. The molecule has 0 atom stereocenters. The van der Waals surface area contributed by atoms with Gasteiger partial charge in [-0.1, -0.05) is 0 Å². The van der Waals surface area contributed by atoms with Crippen molar-refractivity contribution in [3.8, 4) is 11.5 Å². The minimum atomic E-state index is -1.26. The summed E-state index contributed by atoms with van der Waals surface area (Å²) in [5, 5.41) is 23.0. The third-order valence-electron chi connectivity index (χ3n) is 3.82. The quantitative estimate of drug-likeness (QED) is 0.355. The number of carbonyl (C=O) groups is 4. The Hall–Kier alpha value is -3.97. The highest BCUT2D eigenvalue weighted by Crippen LogP contribution is 2.25. The molecule has 0 radical (unpaired) electrons. The number of nitrogens with zero attached hydrogens (tertiary/aromatic N) is 2. The highest BCUT2D eigenvalue weighted by molar-refractivity contribution is 7.14. The molecule has 0 unspecified atom stereocenters. The molecule has 0 bridgehead atoms. The van der Waals surface area contributed by atoms with Gasteiger partial charge in [-0.15, -0.1) is 11.3 Å². The molecule has 4 N–H and O–H groups in total. The van der Waals surface area contributed by atoms with Crippen molar-refractivity contribution in [1.82, 2.24) is 15.2 Å². The van der Waals surface area contributed by atoms with Crippen LogP contribution in [-0.4, -0.2) is 85.3 Å². The number of anilines is 1. The van der Waals surface area contributed by atoms with Crippen molar-refractivity contribution in [2.75, 3.05) is 46.7 Å². The second kappa shape index (κ2) is 14.2. The van der Waals surface area contributed by atoms with E-state index in [1.54, 1.807) is 23.6 Å². The number of carboxylic acid groups (broad SMARTS) is 2. The summed E-state index contributed by atoms with van der Waals surface area (Å²) in [5.74, 6) is -2.23. The van der Waals surface area contributed by atoms with Gasteiger partial charge in [0.25, 0.3) is 11.8 Å². The molecule has 0 saturated carbocycles. The van der Waals surface area contributed by atoms with Gasteiger partial charge >= 0.3 is 11.9 Å². The largest absolute Gasteiger partial charge is 0.497 e. The summed E-state index contributed by atoms with van der Waals surface area (Å²) < 4.78 is 10.3. The number of amides is 2. The van der Waals surface area contributed by atoms with E-state index in [-0.39, 0.29) is 11.6 Å². The smallest absolute Gasteiger partial charge is 0.328 e. The van der Waals surface area contributed by atoms with Crippen LogP contribution in [0.3, 0.4) is 0 Å². The van der Waals surface area contributed by atoms with Crippen molar-refractivity contribution in [3.05, 3.63) is 47.0 Å². The summed E-state index contributed by atoms with van der Waals surface area (Å²) >= 11 is 1.18. The lowest BCUT2D eigenvalue weighted by Crippen LogP contribution is -2.31. The van der Waals surface area contributed by atoms with E-state index in [9.17, 15) is 19.2 Å². The number of aliphatic carboxylic acids is 2. The molecule has 0 saturated heterocycles. The first-order valence-corrected chi connectivity index (χ1v) is 10.5. The number of methoxy groups -OCH3 is 2. The van der Waals surface area contributed by atoms with Crippen LogP contribution in [0, 0.1) is 0 Å². The lowest BCUT2D eigenvalue weighted by molar-refractivity contribution is -0.134. The molecule has 0 aliphatic carbocycles. The third kappa shape index (κ3) is 10.1. The van der Waals surface area contributed by atoms with Gasteiger partial charge in [-0.05, 0) is 32.3 Å². The van der Waals surface area contributed by atoms with Gasteiger partial charge in [-0.3, -0.25) is 14.9 Å². The van der Waals surface area contributed by atoms with Gasteiger partial charge in [0.2, 0.25) is 0 Å². The standard InChI is InChI=1S/C17H22N4O4S.C4H4O4/c1-21(2)8-7-18-16(23)13-10-26-17(19-13)20-15(22)12-9-11(24-3)5-6-14(12)25-4;5-3(6)1-2-4(7)8/h5-6,9-10H,7-8H2,1-4H3,(H,18,23)(H,19,20,22);1-2H,(H,5,6)(H,7,8). The zero-order valence-corrected chi connectivity index (χ0v) is 19.8. The minimum absolute atomic E-state index is 0.265. The van der Waals surface area contributed by atoms with E-state index >= 15 is 0 Å². The van der Waals surface area contributed by atoms with Crippen LogP contribution in [-0.2, 0) is 9.59 Å². The highest BCUT2D eigenvalue weighted by atomic mass is 32.1. The number of ether oxygens (including phenoxy) is 2. The summed E-state index contributed by atoms with van der Waals surface area (Å²) in [6.45, 7) is 1.25. The molecule has 0 spiro atoms. The Kier molecular flexibility index (Phi) is 11.7. The number of benzene rings is 1. The number of hydrogen-bond donors (Lipinski definition) is 4. The Morgan fingerprint density at radius 3 is 2.24 bits per heavy atom. The van der Waals surface area contributed by atoms with Crippen LogP contribution >= 0.6 is 11.3 Å². The monoisotopic (exact) mass is 494 g/mol. The summed E-state index contributed by atoms with van der Waals surface area (Å²) in [4.78, 5) is 49.8. The molecule has 2 amide bonds. The number of rotatable bonds is 10. The number of nitrogens with one attached hydrogen (secondary N) is 2. The number of carboxylic acids is 2. The molecule has 12 nitrogen and oxygen atoms in total. The molecule has 1 heterocycles. The summed E-state index contributed by atoms with van der Waals surface area (Å²) in [6, 6.07) is 4.94. The minimum Gasteiger partial charge on any atom is -0.497 e. The van der Waals surface area contributed by atoms with E-state index in [1.807, 2.05) is 19.0 Å². The van der Waals surface area contributed by atoms with Gasteiger partial charge in [-0.25, -0.2) is 14.6 Å². The summed E-state index contributed by atoms with van der Waals surface area (Å²) in [6.07, 6.45) is 1.12. The molecule has 1 aromatic carbocycles. The molecular formula is C21H26N4O8S. The van der Waals surface area contributed by atoms with Crippen LogP contribution in [0.25, 0.3) is 0 Å². The second-order valence-electron chi connectivity index (χ2n) is 6.63. The SMILES string of the molecule is COc1ccc(OC)c(C(=O)Nc2nc(C(=O)NCCN(C)C)cs2)c1.O=C(O)C=CC(=O)O. The fraction of sp³-hybridized carbons (Fsp3) is 0.286. The van der Waals surface area contributed by atoms with Crippen molar-refractivity contribution in [2.45, 2.75) is 0 Å². The first-order chi connectivity index (χ1) is 16.1. The Bertz CT molecular complexity index is 1020. The Balaban J connectivity index is 0.000000620. The molecule has 0 aliphatic rings. The van der Waals surface area contributed by atoms with Gasteiger partial charge in [0.05, 0.1) is 19.8 Å². The van der Waals surface area contributed by atoms with E-state index in [4.69, 9.17) is 19.7 Å². The van der Waals surface area contributed by atoms with Crippen LogP contribution in [0.1, 0.15) is 20.8 Å². The van der Waals surface area contributed by atoms with Gasteiger partial charge in [-0.2, -0.15) is 0 Å². The molecular weight excluding hydrogens is 468 g/mol. The molecule has 2 rings (SSSR count). The van der Waals surface area contributed by atoms with Gasteiger partial charge < -0.3 is 29.9 Å². The zero-order valence-electron chi connectivity index (χ0n) is 19.0. The van der Waals surface area contributed by atoms with Crippen molar-refractivity contribution in [3.63, 3.8) is 0 Å². The zero-order chi connectivity index (χ0) is 25.7. The van der Waals surface area contributed by atoms with E-state index in [0.717, 1.165) is 6.54 Å². The van der Waals surface area contributed by atoms with Crippen LogP contribution in [0.4, 0.5) is 5.13 Å². The van der Waals surface area contributed by atoms with Crippen molar-refractivity contribution < 1.29 is 38.9 Å². The predicted octanol–water partition coefficient (Wildman–Crippen LogP) is 1.42. The van der Waals surface area contributed by atoms with E-state index in [1.165, 1.54) is 25.6 Å². The third-order valence-corrected chi connectivity index (χ3v) is 4.58. The molecule has 34 heavy (non-hydrogen) atoms. The number of hydrogen-bond acceptors (Lipinski definition) is 9. The van der Waals surface area contributed by atoms with Gasteiger partial charge in [0.15, 0.2) is 5.13 Å². The maximum Gasteiger partial charge on any atom is 0.328 e. The van der Waals surface area contributed by atoms with Crippen LogP contribution in [0.5, 0.6) is 11.5 Å². The lowest BCUT2D eigenvalue weighted by atomic mass is 10.2. The normalized spacial score (nSPS) is 10.3. The molecule has 0 fully saturated rings. The van der Waals surface area contributed by atoms with Crippen LogP contribution in [0.15, 0.2) is 35.7 Å². The summed E-state index contributed by atoms with van der Waals surface area (Å²) in [5.41, 5.74) is 0.584. The Morgan fingerprint density at radius 1 is 1.06 bits per heavy atom. The molecule has 13 heteroatoms. The molecule has 184 valence electrons. The topological polar surface area (TPSA) is 167 Å². The van der Waals surface area contributed by atoms with Crippen LogP contribution < -0.4 is 20.1 Å². The average molecular weight is 495 g/mol. The first-order valence-electron chi connectivity index (χ1n) is 9.63. The Labute approximate surface area is 199 Å². The number of carbonyl (C=O) groups excluding carboxylic acids is 2. The maximum atomic E-state index is 12.5. The lowest BCUT2D eigenvalue weighted by Gasteiger charge is -2.10. The molecule has 0 aliphatic heterocycles. The molecule has 2 aromatic rings. The maximum absolute atomic E-state index is 12.5. The van der Waals surface area contributed by atoms with Gasteiger partial charge in [0.1, 0.15) is 17.2 Å². The number of aromatic nitrogens is 1. The first kappa shape index (κ1) is 28.1. The summed E-state index contributed by atoms with van der Waals surface area (Å²) in [7, 11) is 6.86. The number of likely N-dealkylation sites (N-methyl/N-ethyl adjacent to an activating group) is 1. The van der Waals surface area contributed by atoms with E-state index < -0.39 is 17.8 Å². The Morgan fingerprint density at radius 2 is 1.71 bits per heavy atom. The molecule has 1 aromatic heterocycles. The predicted molar refractivity (Wildman–Crippen MR) is 125 cm³/mol. The van der Waals surface area contributed by atoms with E-state index in [0.29, 0.717) is 40.9 Å². The van der Waals surface area contributed by atoms with Crippen LogP contribution in [0.2, 0.25) is 0 Å². The van der Waals surface area contributed by atoms with Crippen molar-refractivity contribution >= 4 is 40.2 Å². The second-order valence-corrected chi connectivity index (χ2v) is 7.49. The fourth-order valence-corrected chi connectivity index (χ4v) is 2.90. The number of thiazole rings is 1. The van der Waals surface area contributed by atoms with Crippen molar-refractivity contribution in [2.24, 2.45) is 0 Å². The van der Waals surface area contributed by atoms with E-state index in [2.05, 4.69) is 15.6 Å².